The number of ether oxygens (including phenoxy) is 1. The largest absolute Gasteiger partial charge is 0.484 e. The van der Waals surface area contributed by atoms with Gasteiger partial charge in [-0.05, 0) is 42.0 Å². The van der Waals surface area contributed by atoms with E-state index in [-0.39, 0.29) is 12.5 Å². The lowest BCUT2D eigenvalue weighted by molar-refractivity contribution is -0.119. The van der Waals surface area contributed by atoms with E-state index in [1.54, 1.807) is 30.5 Å². The molecule has 0 atom stereocenters. The first kappa shape index (κ1) is 20.1. The number of hydrogen-bond donors (Lipinski definition) is 2. The Morgan fingerprint density at radius 3 is 2.62 bits per heavy atom. The van der Waals surface area contributed by atoms with Crippen LogP contribution in [-0.4, -0.2) is 28.0 Å². The number of amides is 2. The smallest absolute Gasteiger partial charge is 0.255 e. The van der Waals surface area contributed by atoms with Gasteiger partial charge in [-0.25, -0.2) is 4.98 Å². The van der Waals surface area contributed by atoms with Gasteiger partial charge in [-0.1, -0.05) is 26.0 Å². The minimum Gasteiger partial charge on any atom is -0.484 e. The number of anilines is 1. The maximum absolute atomic E-state index is 12.5. The molecule has 0 bridgehead atoms. The van der Waals surface area contributed by atoms with E-state index >= 15 is 0 Å². The molecule has 7 heteroatoms. The van der Waals surface area contributed by atoms with Gasteiger partial charge < -0.3 is 20.4 Å². The third-order valence-corrected chi connectivity index (χ3v) is 4.30. The third-order valence-electron chi connectivity index (χ3n) is 4.30. The third kappa shape index (κ3) is 5.44. The van der Waals surface area contributed by atoms with Crippen LogP contribution in [0.15, 0.2) is 60.9 Å². The minimum absolute atomic E-state index is 0.201. The molecule has 0 saturated carbocycles. The summed E-state index contributed by atoms with van der Waals surface area (Å²) in [7, 11) is 0. The lowest BCUT2D eigenvalue weighted by atomic mass is 10.1. The lowest BCUT2D eigenvalue weighted by Crippen LogP contribution is -2.20. The zero-order chi connectivity index (χ0) is 20.8. The summed E-state index contributed by atoms with van der Waals surface area (Å²) in [5, 5.41) is 2.91. The van der Waals surface area contributed by atoms with Gasteiger partial charge in [-0.2, -0.15) is 0 Å². The van der Waals surface area contributed by atoms with E-state index in [0.717, 1.165) is 11.4 Å². The number of nitrogens with one attached hydrogen (secondary N) is 1. The second-order valence-electron chi connectivity index (χ2n) is 7.00. The van der Waals surface area contributed by atoms with Crippen molar-refractivity contribution in [1.29, 1.82) is 0 Å². The van der Waals surface area contributed by atoms with E-state index in [9.17, 15) is 9.59 Å². The van der Waals surface area contributed by atoms with E-state index < -0.39 is 5.91 Å². The van der Waals surface area contributed by atoms with Crippen LogP contribution in [0, 0.1) is 0 Å². The highest BCUT2D eigenvalue weighted by Gasteiger charge is 2.10. The van der Waals surface area contributed by atoms with Crippen molar-refractivity contribution in [2.45, 2.75) is 26.3 Å². The normalized spacial score (nSPS) is 10.7. The van der Waals surface area contributed by atoms with E-state index in [1.807, 2.05) is 30.5 Å². The number of primary amides is 1. The first-order valence-electron chi connectivity index (χ1n) is 9.35. The van der Waals surface area contributed by atoms with E-state index in [1.165, 1.54) is 0 Å². The molecule has 0 aliphatic heterocycles. The standard InChI is InChI=1S/C22H24N4O3/c1-15(2)21-24-10-11-26(21)13-16-4-3-5-18(12-16)25-22(28)17-6-8-19(9-7-17)29-14-20(23)27/h3-12,15H,13-14H2,1-2H3,(H2,23,27)(H,25,28). The van der Waals surface area contributed by atoms with Crippen molar-refractivity contribution in [2.24, 2.45) is 5.73 Å². The summed E-state index contributed by atoms with van der Waals surface area (Å²) in [6.07, 6.45) is 3.76. The van der Waals surface area contributed by atoms with Crippen LogP contribution in [0.3, 0.4) is 0 Å². The van der Waals surface area contributed by atoms with Crippen LogP contribution < -0.4 is 15.8 Å². The van der Waals surface area contributed by atoms with Gasteiger partial charge in [-0.3, -0.25) is 9.59 Å². The first-order chi connectivity index (χ1) is 13.9. The monoisotopic (exact) mass is 392 g/mol. The molecule has 0 aliphatic rings. The number of benzene rings is 2. The summed E-state index contributed by atoms with van der Waals surface area (Å²) in [6, 6.07) is 14.3. The molecule has 0 saturated heterocycles. The molecular weight excluding hydrogens is 368 g/mol. The summed E-state index contributed by atoms with van der Waals surface area (Å²) in [6.45, 7) is 4.70. The quantitative estimate of drug-likeness (QED) is 0.615. The Morgan fingerprint density at radius 2 is 1.93 bits per heavy atom. The number of nitrogens with two attached hydrogens (primary N) is 1. The molecule has 2 amide bonds. The van der Waals surface area contributed by atoms with Gasteiger partial charge in [0.25, 0.3) is 11.8 Å². The fourth-order valence-electron chi connectivity index (χ4n) is 2.96. The van der Waals surface area contributed by atoms with Gasteiger partial charge in [-0.15, -0.1) is 0 Å². The zero-order valence-corrected chi connectivity index (χ0v) is 16.5. The highest BCUT2D eigenvalue weighted by Crippen LogP contribution is 2.18. The Hall–Kier alpha value is -3.61. The van der Waals surface area contributed by atoms with Gasteiger partial charge in [0, 0.05) is 36.1 Å². The molecule has 0 unspecified atom stereocenters. The molecular formula is C22H24N4O3. The van der Waals surface area contributed by atoms with Crippen molar-refractivity contribution in [2.75, 3.05) is 11.9 Å². The van der Waals surface area contributed by atoms with Gasteiger partial charge in [0.15, 0.2) is 6.61 Å². The summed E-state index contributed by atoms with van der Waals surface area (Å²) >= 11 is 0. The molecule has 0 aliphatic carbocycles. The Labute approximate surface area is 169 Å². The van der Waals surface area contributed by atoms with Crippen LogP contribution in [-0.2, 0) is 11.3 Å². The average molecular weight is 392 g/mol. The molecule has 29 heavy (non-hydrogen) atoms. The van der Waals surface area contributed by atoms with Gasteiger partial charge >= 0.3 is 0 Å². The predicted octanol–water partition coefficient (Wildman–Crippen LogP) is 3.17. The molecule has 3 rings (SSSR count). The first-order valence-corrected chi connectivity index (χ1v) is 9.35. The highest BCUT2D eigenvalue weighted by atomic mass is 16.5. The number of hydrogen-bond acceptors (Lipinski definition) is 4. The SMILES string of the molecule is CC(C)c1nccn1Cc1cccc(NC(=O)c2ccc(OCC(N)=O)cc2)c1. The van der Waals surface area contributed by atoms with Crippen LogP contribution in [0.2, 0.25) is 0 Å². The summed E-state index contributed by atoms with van der Waals surface area (Å²) in [4.78, 5) is 27.7. The van der Waals surface area contributed by atoms with Gasteiger partial charge in [0.2, 0.25) is 0 Å². The van der Waals surface area contributed by atoms with Crippen molar-refractivity contribution >= 4 is 17.5 Å². The van der Waals surface area contributed by atoms with Crippen LogP contribution in [0.25, 0.3) is 0 Å². The zero-order valence-electron chi connectivity index (χ0n) is 16.5. The molecule has 1 aromatic heterocycles. The molecule has 3 N–H and O–H groups in total. The fraction of sp³-hybridized carbons (Fsp3) is 0.227. The Balaban J connectivity index is 1.66. The Bertz CT molecular complexity index is 993. The number of aromatic nitrogens is 2. The second kappa shape index (κ2) is 9.05. The number of imidazole rings is 1. The lowest BCUT2D eigenvalue weighted by Gasteiger charge is -2.12. The maximum atomic E-state index is 12.5. The summed E-state index contributed by atoms with van der Waals surface area (Å²) in [5.74, 6) is 1.06. The van der Waals surface area contributed by atoms with Crippen molar-refractivity contribution in [3.05, 3.63) is 77.9 Å². The maximum Gasteiger partial charge on any atom is 0.255 e. The van der Waals surface area contributed by atoms with E-state index in [0.29, 0.717) is 29.5 Å². The van der Waals surface area contributed by atoms with Crippen molar-refractivity contribution in [3.63, 3.8) is 0 Å². The average Bonchev–Trinajstić information content (AvgIpc) is 3.15. The van der Waals surface area contributed by atoms with Crippen LogP contribution in [0.4, 0.5) is 5.69 Å². The van der Waals surface area contributed by atoms with Crippen molar-refractivity contribution < 1.29 is 14.3 Å². The Kier molecular flexibility index (Phi) is 6.29. The van der Waals surface area contributed by atoms with Crippen LogP contribution >= 0.6 is 0 Å². The molecule has 0 spiro atoms. The van der Waals surface area contributed by atoms with Crippen molar-refractivity contribution in [3.8, 4) is 5.75 Å². The molecule has 150 valence electrons. The summed E-state index contributed by atoms with van der Waals surface area (Å²) < 4.78 is 7.31. The van der Waals surface area contributed by atoms with Crippen LogP contribution in [0.1, 0.15) is 41.5 Å². The fourth-order valence-corrected chi connectivity index (χ4v) is 2.96. The molecule has 3 aromatic rings. The van der Waals surface area contributed by atoms with E-state index in [4.69, 9.17) is 10.5 Å². The molecule has 1 heterocycles. The highest BCUT2D eigenvalue weighted by molar-refractivity contribution is 6.04. The molecule has 0 fully saturated rings. The molecule has 0 radical (unpaired) electrons. The number of carbonyl (C=O) groups excluding carboxylic acids is 2. The predicted molar refractivity (Wildman–Crippen MR) is 111 cm³/mol. The minimum atomic E-state index is -0.553. The molecule has 2 aromatic carbocycles. The van der Waals surface area contributed by atoms with Gasteiger partial charge in [0.1, 0.15) is 11.6 Å². The number of rotatable bonds is 8. The number of carbonyl (C=O) groups is 2. The van der Waals surface area contributed by atoms with Crippen molar-refractivity contribution in [1.82, 2.24) is 9.55 Å². The summed E-state index contributed by atoms with van der Waals surface area (Å²) in [5.41, 5.74) is 7.32. The van der Waals surface area contributed by atoms with Gasteiger partial charge in [0.05, 0.1) is 0 Å². The van der Waals surface area contributed by atoms with Crippen LogP contribution in [0.5, 0.6) is 5.75 Å². The van der Waals surface area contributed by atoms with E-state index in [2.05, 4.69) is 28.7 Å². The topological polar surface area (TPSA) is 99.2 Å². The number of nitrogens with zero attached hydrogens (tertiary/aromatic N) is 2. The Morgan fingerprint density at radius 1 is 1.17 bits per heavy atom. The molecule has 7 nitrogen and oxygen atoms in total. The second-order valence-corrected chi connectivity index (χ2v) is 7.00.